The van der Waals surface area contributed by atoms with Gasteiger partial charge in [0.25, 0.3) is 5.56 Å². The Hall–Kier alpha value is -3.04. The van der Waals surface area contributed by atoms with Gasteiger partial charge in [0.05, 0.1) is 5.69 Å². The number of benzene rings is 1. The first kappa shape index (κ1) is 20.3. The molecule has 174 valence electrons. The van der Waals surface area contributed by atoms with E-state index >= 15 is 0 Å². The van der Waals surface area contributed by atoms with E-state index in [-0.39, 0.29) is 16.5 Å². The number of fused-ring (bicyclic) bond motifs is 3. The highest BCUT2D eigenvalue weighted by Crippen LogP contribution is 2.49. The molecule has 0 unspecified atom stereocenters. The summed E-state index contributed by atoms with van der Waals surface area (Å²) < 4.78 is 3.56. The number of anilines is 2. The SMILES string of the molecule is CCn1c(=O)c2cnc(Nc3ccc4c(c3)CCNC43CC3)nc2n1-c1nc(C2(C)CC2)cs1. The molecule has 3 aromatic heterocycles. The van der Waals surface area contributed by atoms with Crippen molar-refractivity contribution in [2.24, 2.45) is 0 Å². The number of hydrogen-bond acceptors (Lipinski definition) is 7. The number of nitrogens with one attached hydrogen (secondary N) is 2. The second-order valence-corrected chi connectivity index (χ2v) is 10.9. The minimum Gasteiger partial charge on any atom is -0.324 e. The van der Waals surface area contributed by atoms with Crippen molar-refractivity contribution in [2.75, 3.05) is 11.9 Å². The molecule has 1 spiro atoms. The van der Waals surface area contributed by atoms with Gasteiger partial charge in [-0.3, -0.25) is 4.79 Å². The maximum Gasteiger partial charge on any atom is 0.278 e. The standard InChI is InChI=1S/C25H27N7OS/c1-3-31-21(33)17-13-26-22(28-16-4-5-18-15(12-16)6-11-27-25(18)9-10-25)30-20(17)32(31)23-29-19(14-34-23)24(2)7-8-24/h4-5,12-14,27H,3,6-11H2,1-2H3,(H,26,28,30). The average Bonchev–Trinajstić information content (AvgIpc) is 3.70. The fourth-order valence-electron chi connectivity index (χ4n) is 5.23. The van der Waals surface area contributed by atoms with Gasteiger partial charge in [-0.25, -0.2) is 19.3 Å². The molecule has 2 N–H and O–H groups in total. The van der Waals surface area contributed by atoms with Gasteiger partial charge in [-0.1, -0.05) is 13.0 Å². The summed E-state index contributed by atoms with van der Waals surface area (Å²) >= 11 is 1.56. The summed E-state index contributed by atoms with van der Waals surface area (Å²) in [4.78, 5) is 27.2. The van der Waals surface area contributed by atoms with Crippen molar-refractivity contribution in [2.45, 2.75) is 63.5 Å². The van der Waals surface area contributed by atoms with Gasteiger partial charge in [-0.05, 0) is 62.3 Å². The van der Waals surface area contributed by atoms with Crippen molar-refractivity contribution in [3.8, 4) is 5.13 Å². The van der Waals surface area contributed by atoms with Gasteiger partial charge in [0.1, 0.15) is 5.39 Å². The first-order chi connectivity index (χ1) is 16.5. The van der Waals surface area contributed by atoms with E-state index < -0.39 is 0 Å². The zero-order valence-corrected chi connectivity index (χ0v) is 20.2. The number of nitrogens with zero attached hydrogens (tertiary/aromatic N) is 5. The van der Waals surface area contributed by atoms with Crippen molar-refractivity contribution >= 4 is 34.0 Å². The van der Waals surface area contributed by atoms with E-state index in [4.69, 9.17) is 9.97 Å². The number of thiazole rings is 1. The lowest BCUT2D eigenvalue weighted by Crippen LogP contribution is -2.36. The van der Waals surface area contributed by atoms with Crippen LogP contribution >= 0.6 is 11.3 Å². The third-order valence-electron chi connectivity index (χ3n) is 7.75. The monoisotopic (exact) mass is 473 g/mol. The molecule has 7 rings (SSSR count). The maximum absolute atomic E-state index is 13.1. The Balaban J connectivity index is 1.28. The average molecular weight is 474 g/mol. The van der Waals surface area contributed by atoms with Gasteiger partial charge in [0.15, 0.2) is 5.65 Å². The molecule has 2 fully saturated rings. The van der Waals surface area contributed by atoms with E-state index in [1.54, 1.807) is 22.2 Å². The largest absolute Gasteiger partial charge is 0.324 e. The van der Waals surface area contributed by atoms with Crippen molar-refractivity contribution in [3.63, 3.8) is 0 Å². The lowest BCUT2D eigenvalue weighted by atomic mass is 9.92. The molecule has 1 aliphatic heterocycles. The Labute approximate surface area is 201 Å². The van der Waals surface area contributed by atoms with Crippen LogP contribution in [0.5, 0.6) is 0 Å². The normalized spacial score (nSPS) is 19.4. The molecular weight excluding hydrogens is 446 g/mol. The van der Waals surface area contributed by atoms with Gasteiger partial charge < -0.3 is 10.6 Å². The molecule has 0 atom stereocenters. The quantitative estimate of drug-likeness (QED) is 0.456. The first-order valence-electron chi connectivity index (χ1n) is 12.1. The zero-order valence-electron chi connectivity index (χ0n) is 19.4. The third-order valence-corrected chi connectivity index (χ3v) is 8.57. The van der Waals surface area contributed by atoms with E-state index in [0.717, 1.165) is 42.3 Å². The summed E-state index contributed by atoms with van der Waals surface area (Å²) in [5, 5.41) is 10.5. The van der Waals surface area contributed by atoms with Gasteiger partial charge in [0, 0.05) is 41.3 Å². The smallest absolute Gasteiger partial charge is 0.278 e. The lowest BCUT2D eigenvalue weighted by Gasteiger charge is -2.27. The first-order valence-corrected chi connectivity index (χ1v) is 13.0. The molecule has 0 saturated heterocycles. The van der Waals surface area contributed by atoms with Gasteiger partial charge in [-0.15, -0.1) is 11.3 Å². The van der Waals surface area contributed by atoms with Gasteiger partial charge >= 0.3 is 0 Å². The molecule has 34 heavy (non-hydrogen) atoms. The Morgan fingerprint density at radius 2 is 2.06 bits per heavy atom. The van der Waals surface area contributed by atoms with Crippen LogP contribution in [0, 0.1) is 0 Å². The molecule has 4 heterocycles. The second kappa shape index (κ2) is 6.99. The molecule has 2 aliphatic carbocycles. The summed E-state index contributed by atoms with van der Waals surface area (Å²) in [6, 6.07) is 6.55. The van der Waals surface area contributed by atoms with Crippen LogP contribution < -0.4 is 16.2 Å². The van der Waals surface area contributed by atoms with E-state index in [0.29, 0.717) is 23.5 Å². The molecule has 0 radical (unpaired) electrons. The van der Waals surface area contributed by atoms with Crippen LogP contribution in [0.2, 0.25) is 0 Å². The van der Waals surface area contributed by atoms with Crippen LogP contribution in [-0.4, -0.2) is 30.9 Å². The third kappa shape index (κ3) is 2.99. The molecule has 1 aromatic carbocycles. The van der Waals surface area contributed by atoms with Crippen molar-refractivity contribution in [1.82, 2.24) is 29.6 Å². The summed E-state index contributed by atoms with van der Waals surface area (Å²) in [6.07, 6.45) is 7.42. The maximum atomic E-state index is 13.1. The molecule has 9 heteroatoms. The summed E-state index contributed by atoms with van der Waals surface area (Å²) in [7, 11) is 0. The van der Waals surface area contributed by atoms with Gasteiger partial charge in [0.2, 0.25) is 11.1 Å². The minimum absolute atomic E-state index is 0.0885. The summed E-state index contributed by atoms with van der Waals surface area (Å²) in [5.41, 5.74) is 5.79. The van der Waals surface area contributed by atoms with Crippen molar-refractivity contribution in [3.05, 3.63) is 57.0 Å². The highest BCUT2D eigenvalue weighted by Gasteiger charge is 2.46. The van der Waals surface area contributed by atoms with E-state index in [1.807, 2.05) is 11.6 Å². The van der Waals surface area contributed by atoms with Crippen LogP contribution in [0.3, 0.4) is 0 Å². The van der Waals surface area contributed by atoms with Crippen LogP contribution in [0.1, 0.15) is 56.4 Å². The van der Waals surface area contributed by atoms with Crippen LogP contribution in [-0.2, 0) is 23.9 Å². The molecule has 2 saturated carbocycles. The second-order valence-electron chi connectivity index (χ2n) is 10.1. The molecule has 4 aromatic rings. The van der Waals surface area contributed by atoms with Crippen LogP contribution in [0.4, 0.5) is 11.6 Å². The van der Waals surface area contributed by atoms with E-state index in [9.17, 15) is 4.79 Å². The summed E-state index contributed by atoms with van der Waals surface area (Å²) in [5.74, 6) is 0.482. The Bertz CT molecular complexity index is 1510. The highest BCUT2D eigenvalue weighted by molar-refractivity contribution is 7.12. The molecule has 8 nitrogen and oxygen atoms in total. The van der Waals surface area contributed by atoms with E-state index in [2.05, 4.69) is 46.1 Å². The number of rotatable bonds is 5. The fraction of sp³-hybridized carbons (Fsp3) is 0.440. The van der Waals surface area contributed by atoms with Crippen LogP contribution in [0.25, 0.3) is 16.2 Å². The Kier molecular flexibility index (Phi) is 4.18. The fourth-order valence-corrected chi connectivity index (χ4v) is 6.22. The van der Waals surface area contributed by atoms with Crippen molar-refractivity contribution < 1.29 is 0 Å². The predicted molar refractivity (Wildman–Crippen MR) is 133 cm³/mol. The zero-order chi connectivity index (χ0) is 23.1. The predicted octanol–water partition coefficient (Wildman–Crippen LogP) is 3.99. The topological polar surface area (TPSA) is 89.7 Å². The molecular formula is C25H27N7OS. The number of aromatic nitrogens is 5. The number of hydrogen-bond donors (Lipinski definition) is 2. The lowest BCUT2D eigenvalue weighted by molar-refractivity contribution is 0.490. The van der Waals surface area contributed by atoms with Crippen LogP contribution in [0.15, 0.2) is 34.6 Å². The molecule has 0 bridgehead atoms. The van der Waals surface area contributed by atoms with Crippen molar-refractivity contribution in [1.29, 1.82) is 0 Å². The Morgan fingerprint density at radius 3 is 2.82 bits per heavy atom. The minimum atomic E-state index is -0.0885. The molecule has 3 aliphatic rings. The Morgan fingerprint density at radius 1 is 1.21 bits per heavy atom. The summed E-state index contributed by atoms with van der Waals surface area (Å²) in [6.45, 7) is 5.76. The molecule has 0 amide bonds. The van der Waals surface area contributed by atoms with Gasteiger partial charge in [-0.2, -0.15) is 4.98 Å². The highest BCUT2D eigenvalue weighted by atomic mass is 32.1. The van der Waals surface area contributed by atoms with E-state index in [1.165, 1.54) is 24.0 Å².